The third kappa shape index (κ3) is 4.99. The fourth-order valence-corrected chi connectivity index (χ4v) is 1.66. The molecule has 0 aromatic heterocycles. The average molecular weight is 238 g/mol. The molecule has 88 valence electrons. The molecule has 0 bridgehead atoms. The highest BCUT2D eigenvalue weighted by Crippen LogP contribution is 2.17. The second-order valence-electron chi connectivity index (χ2n) is 3.60. The molecule has 1 saturated heterocycles. The number of halogens is 1. The van der Waals surface area contributed by atoms with Crippen LogP contribution in [0.1, 0.15) is 19.3 Å². The first-order chi connectivity index (χ1) is 6.59. The van der Waals surface area contributed by atoms with E-state index in [1.54, 1.807) is 0 Å². The molecule has 0 atom stereocenters. The lowest BCUT2D eigenvalue weighted by Gasteiger charge is -2.29. The average Bonchev–Trinajstić information content (AvgIpc) is 2.15. The summed E-state index contributed by atoms with van der Waals surface area (Å²) in [5.41, 5.74) is 0. The minimum Gasteiger partial charge on any atom is -0.481 e. The summed E-state index contributed by atoms with van der Waals surface area (Å²) in [4.78, 5) is 22.9. The summed E-state index contributed by atoms with van der Waals surface area (Å²) >= 11 is 0. The number of carboxylic acid groups (broad SMARTS) is 2. The van der Waals surface area contributed by atoms with Crippen LogP contribution in [0, 0.1) is 5.92 Å². The van der Waals surface area contributed by atoms with Crippen LogP contribution < -0.4 is 0 Å². The van der Waals surface area contributed by atoms with E-state index in [1.807, 2.05) is 4.90 Å². The van der Waals surface area contributed by atoms with E-state index in [1.165, 1.54) is 0 Å². The number of rotatable bonds is 4. The van der Waals surface area contributed by atoms with Crippen molar-refractivity contribution in [3.8, 4) is 0 Å². The van der Waals surface area contributed by atoms with E-state index in [4.69, 9.17) is 10.2 Å². The van der Waals surface area contributed by atoms with Gasteiger partial charge in [0.1, 0.15) is 0 Å². The number of carboxylic acids is 2. The van der Waals surface area contributed by atoms with E-state index in [2.05, 4.69) is 0 Å². The van der Waals surface area contributed by atoms with Crippen molar-refractivity contribution in [2.24, 2.45) is 5.92 Å². The van der Waals surface area contributed by atoms with E-state index in [0.717, 1.165) is 0 Å². The van der Waals surface area contributed by atoms with Gasteiger partial charge in [0.2, 0.25) is 0 Å². The zero-order valence-electron chi connectivity index (χ0n) is 8.39. The van der Waals surface area contributed by atoms with Crippen LogP contribution in [0.2, 0.25) is 0 Å². The smallest absolute Gasteiger partial charge is 0.306 e. The number of nitrogens with zero attached hydrogens (tertiary/aromatic N) is 1. The van der Waals surface area contributed by atoms with Crippen LogP contribution in [0.15, 0.2) is 0 Å². The van der Waals surface area contributed by atoms with Gasteiger partial charge in [-0.15, -0.1) is 12.4 Å². The summed E-state index contributed by atoms with van der Waals surface area (Å²) < 4.78 is 0. The fourth-order valence-electron chi connectivity index (χ4n) is 1.66. The predicted molar refractivity (Wildman–Crippen MR) is 56.3 cm³/mol. The Morgan fingerprint density at radius 2 is 1.73 bits per heavy atom. The number of carbonyl (C=O) groups is 2. The minimum atomic E-state index is -0.801. The van der Waals surface area contributed by atoms with Crippen molar-refractivity contribution in [3.05, 3.63) is 0 Å². The predicted octanol–water partition coefficient (Wildman–Crippen LogP) is 0.679. The summed E-state index contributed by atoms with van der Waals surface area (Å²) in [6.07, 6.45) is 1.40. The van der Waals surface area contributed by atoms with Gasteiger partial charge in [-0.1, -0.05) is 0 Å². The Kier molecular flexibility index (Phi) is 6.27. The molecule has 0 saturated carbocycles. The van der Waals surface area contributed by atoms with Crippen LogP contribution in [0.3, 0.4) is 0 Å². The summed E-state index contributed by atoms with van der Waals surface area (Å²) in [6.45, 7) is 1.93. The van der Waals surface area contributed by atoms with Gasteiger partial charge in [0.15, 0.2) is 0 Å². The minimum absolute atomic E-state index is 0. The number of piperidine rings is 1. The van der Waals surface area contributed by atoms with E-state index in [9.17, 15) is 9.59 Å². The largest absolute Gasteiger partial charge is 0.481 e. The summed E-state index contributed by atoms with van der Waals surface area (Å²) in [7, 11) is 0. The molecule has 1 fully saturated rings. The molecule has 1 heterocycles. The van der Waals surface area contributed by atoms with Gasteiger partial charge in [-0.25, -0.2) is 0 Å². The van der Waals surface area contributed by atoms with Crippen molar-refractivity contribution in [2.45, 2.75) is 19.3 Å². The first kappa shape index (κ1) is 14.2. The molecule has 1 aliphatic rings. The maximum Gasteiger partial charge on any atom is 0.306 e. The summed E-state index contributed by atoms with van der Waals surface area (Å²) in [6, 6.07) is 0. The van der Waals surface area contributed by atoms with Gasteiger partial charge in [0.05, 0.1) is 12.3 Å². The lowest BCUT2D eigenvalue weighted by Crippen LogP contribution is -2.37. The van der Waals surface area contributed by atoms with Crippen LogP contribution in [0.25, 0.3) is 0 Å². The molecule has 0 aromatic carbocycles. The fraction of sp³-hybridized carbons (Fsp3) is 0.778. The molecule has 5 nitrogen and oxygen atoms in total. The SMILES string of the molecule is Cl.O=C(O)CCN1CCC(C(=O)O)CC1. The van der Waals surface area contributed by atoms with E-state index in [0.29, 0.717) is 32.5 Å². The number of hydrogen-bond donors (Lipinski definition) is 2. The molecule has 0 aliphatic carbocycles. The Labute approximate surface area is 94.5 Å². The Morgan fingerprint density at radius 1 is 1.20 bits per heavy atom. The quantitative estimate of drug-likeness (QED) is 0.752. The van der Waals surface area contributed by atoms with Gasteiger partial charge >= 0.3 is 11.9 Å². The van der Waals surface area contributed by atoms with Crippen LogP contribution >= 0.6 is 12.4 Å². The van der Waals surface area contributed by atoms with Gasteiger partial charge in [-0.2, -0.15) is 0 Å². The second-order valence-corrected chi connectivity index (χ2v) is 3.60. The van der Waals surface area contributed by atoms with Gasteiger partial charge < -0.3 is 15.1 Å². The summed E-state index contributed by atoms with van der Waals surface area (Å²) in [5, 5.41) is 17.2. The summed E-state index contributed by atoms with van der Waals surface area (Å²) in [5.74, 6) is -1.77. The standard InChI is InChI=1S/C9H15NO4.ClH/c11-8(12)3-6-10-4-1-7(2-5-10)9(13)14;/h7H,1-6H2,(H,11,12)(H,13,14);1H. The maximum absolute atomic E-state index is 10.6. The third-order valence-electron chi connectivity index (χ3n) is 2.58. The maximum atomic E-state index is 10.6. The van der Waals surface area contributed by atoms with Gasteiger partial charge in [-0.05, 0) is 25.9 Å². The topological polar surface area (TPSA) is 77.8 Å². The Bertz CT molecular complexity index is 226. The molecule has 0 spiro atoms. The second kappa shape index (κ2) is 6.63. The first-order valence-electron chi connectivity index (χ1n) is 4.76. The molecule has 0 radical (unpaired) electrons. The molecule has 2 N–H and O–H groups in total. The monoisotopic (exact) mass is 237 g/mol. The Morgan fingerprint density at radius 3 is 2.13 bits per heavy atom. The molecule has 0 amide bonds. The van der Waals surface area contributed by atoms with Crippen LogP contribution in [-0.4, -0.2) is 46.7 Å². The van der Waals surface area contributed by atoms with E-state index in [-0.39, 0.29) is 24.7 Å². The van der Waals surface area contributed by atoms with Gasteiger partial charge in [0.25, 0.3) is 0 Å². The van der Waals surface area contributed by atoms with Crippen LogP contribution in [-0.2, 0) is 9.59 Å². The molecule has 1 aliphatic heterocycles. The Balaban J connectivity index is 0.00000196. The number of hydrogen-bond acceptors (Lipinski definition) is 3. The van der Waals surface area contributed by atoms with Crippen molar-refractivity contribution < 1.29 is 19.8 Å². The van der Waals surface area contributed by atoms with Crippen molar-refractivity contribution in [1.82, 2.24) is 4.90 Å². The molecular weight excluding hydrogens is 222 g/mol. The van der Waals surface area contributed by atoms with Crippen LogP contribution in [0.4, 0.5) is 0 Å². The zero-order chi connectivity index (χ0) is 10.6. The van der Waals surface area contributed by atoms with Crippen molar-refractivity contribution in [2.75, 3.05) is 19.6 Å². The van der Waals surface area contributed by atoms with E-state index >= 15 is 0 Å². The van der Waals surface area contributed by atoms with Crippen molar-refractivity contribution in [1.29, 1.82) is 0 Å². The Hall–Kier alpha value is -0.810. The van der Waals surface area contributed by atoms with Crippen LogP contribution in [0.5, 0.6) is 0 Å². The number of aliphatic carboxylic acids is 2. The normalized spacial score (nSPS) is 18.1. The lowest BCUT2D eigenvalue weighted by atomic mass is 9.97. The first-order valence-corrected chi connectivity index (χ1v) is 4.76. The van der Waals surface area contributed by atoms with Gasteiger partial charge in [0, 0.05) is 6.54 Å². The third-order valence-corrected chi connectivity index (χ3v) is 2.58. The molecule has 0 aromatic rings. The molecule has 1 rings (SSSR count). The zero-order valence-corrected chi connectivity index (χ0v) is 9.20. The molecule has 15 heavy (non-hydrogen) atoms. The highest BCUT2D eigenvalue weighted by molar-refractivity contribution is 5.85. The van der Waals surface area contributed by atoms with Gasteiger partial charge in [-0.3, -0.25) is 9.59 Å². The number of likely N-dealkylation sites (tertiary alicyclic amines) is 1. The molecule has 0 unspecified atom stereocenters. The van der Waals surface area contributed by atoms with Crippen molar-refractivity contribution >= 4 is 24.3 Å². The van der Waals surface area contributed by atoms with Crippen molar-refractivity contribution in [3.63, 3.8) is 0 Å². The molecule has 6 heteroatoms. The van der Waals surface area contributed by atoms with E-state index < -0.39 is 11.9 Å². The molecular formula is C9H16ClNO4. The highest BCUT2D eigenvalue weighted by atomic mass is 35.5. The highest BCUT2D eigenvalue weighted by Gasteiger charge is 2.24. The lowest BCUT2D eigenvalue weighted by molar-refractivity contribution is -0.144.